The van der Waals surface area contributed by atoms with Crippen LogP contribution in [0, 0.1) is 10.1 Å². The van der Waals surface area contributed by atoms with E-state index in [2.05, 4.69) is 76.2 Å². The van der Waals surface area contributed by atoms with Gasteiger partial charge in [0.05, 0.1) is 11.0 Å². The molecule has 3 unspecified atom stereocenters. The van der Waals surface area contributed by atoms with Gasteiger partial charge in [-0.05, 0) is 68.9 Å². The van der Waals surface area contributed by atoms with Crippen LogP contribution in [0.15, 0.2) is 96.7 Å². The molecule has 0 bridgehead atoms. The van der Waals surface area contributed by atoms with Crippen molar-refractivity contribution in [1.82, 2.24) is 20.4 Å². The zero-order valence-corrected chi connectivity index (χ0v) is 26.1. The quantitative estimate of drug-likeness (QED) is 0.117. The number of carbonyl (C=O) groups is 2. The molecule has 2 aliphatic rings. The molecule has 3 aromatic carbocycles. The molecule has 0 spiro atoms. The van der Waals surface area contributed by atoms with Gasteiger partial charge in [0.2, 0.25) is 12.8 Å². The summed E-state index contributed by atoms with van der Waals surface area (Å²) in [6.07, 6.45) is 6.87. The molecular formula is C36H43N5O4. The fourth-order valence-electron chi connectivity index (χ4n) is 7.55. The molecule has 0 saturated carbocycles. The number of rotatable bonds is 13. The van der Waals surface area contributed by atoms with Crippen LogP contribution in [0.5, 0.6) is 0 Å². The van der Waals surface area contributed by atoms with Gasteiger partial charge >= 0.3 is 0 Å². The Morgan fingerprint density at radius 1 is 0.978 bits per heavy atom. The van der Waals surface area contributed by atoms with Crippen LogP contribution in [0.4, 0.5) is 5.69 Å². The van der Waals surface area contributed by atoms with Gasteiger partial charge in [-0.2, -0.15) is 0 Å². The first-order chi connectivity index (χ1) is 21.9. The van der Waals surface area contributed by atoms with Crippen LogP contribution in [-0.4, -0.2) is 65.4 Å². The number of benzene rings is 3. The number of hydrogen-bond donors (Lipinski definition) is 2. The minimum Gasteiger partial charge on any atom is -0.382 e. The number of amides is 2. The molecule has 9 heteroatoms. The first-order valence-corrected chi connectivity index (χ1v) is 15.8. The third kappa shape index (κ3) is 6.35. The van der Waals surface area contributed by atoms with E-state index in [-0.39, 0.29) is 17.1 Å². The number of nitro groups is 1. The zero-order valence-electron chi connectivity index (χ0n) is 26.1. The summed E-state index contributed by atoms with van der Waals surface area (Å²) in [4.78, 5) is 40.1. The molecule has 3 aromatic rings. The summed E-state index contributed by atoms with van der Waals surface area (Å²) < 4.78 is 0. The van der Waals surface area contributed by atoms with E-state index in [1.807, 2.05) is 19.9 Å². The molecule has 0 aromatic heterocycles. The van der Waals surface area contributed by atoms with Gasteiger partial charge in [-0.3, -0.25) is 19.7 Å². The maximum absolute atomic E-state index is 12.8. The average molecular weight is 610 g/mol. The van der Waals surface area contributed by atoms with Gasteiger partial charge in [0.1, 0.15) is 5.66 Å². The first-order valence-electron chi connectivity index (χ1n) is 15.8. The topological polar surface area (TPSA) is 108 Å². The highest BCUT2D eigenvalue weighted by atomic mass is 16.6. The molecule has 5 rings (SSSR count). The van der Waals surface area contributed by atoms with Crippen molar-refractivity contribution in [2.24, 2.45) is 0 Å². The molecule has 2 N–H and O–H groups in total. The van der Waals surface area contributed by atoms with Gasteiger partial charge in [-0.15, -0.1) is 0 Å². The summed E-state index contributed by atoms with van der Waals surface area (Å²) in [5.74, 6) is -0.410. The Labute approximate surface area is 265 Å². The molecule has 3 atom stereocenters. The Morgan fingerprint density at radius 2 is 1.58 bits per heavy atom. The molecule has 45 heavy (non-hydrogen) atoms. The Hall–Kier alpha value is -4.50. The van der Waals surface area contributed by atoms with Gasteiger partial charge in [0.15, 0.2) is 0 Å². The zero-order chi connectivity index (χ0) is 31.9. The lowest BCUT2D eigenvalue weighted by molar-refractivity contribution is -0.384. The molecule has 9 nitrogen and oxygen atoms in total. The van der Waals surface area contributed by atoms with Gasteiger partial charge in [0.25, 0.3) is 5.69 Å². The van der Waals surface area contributed by atoms with Crippen molar-refractivity contribution in [1.29, 1.82) is 0 Å². The summed E-state index contributed by atoms with van der Waals surface area (Å²) in [6.45, 7) is 7.12. The van der Waals surface area contributed by atoms with Crippen LogP contribution >= 0.6 is 0 Å². The van der Waals surface area contributed by atoms with Crippen LogP contribution < -0.4 is 10.6 Å². The monoisotopic (exact) mass is 609 g/mol. The van der Waals surface area contributed by atoms with Crippen molar-refractivity contribution in [2.45, 2.75) is 62.6 Å². The Kier molecular flexibility index (Phi) is 9.98. The van der Waals surface area contributed by atoms with E-state index in [1.54, 1.807) is 17.0 Å². The Morgan fingerprint density at radius 3 is 2.09 bits per heavy atom. The van der Waals surface area contributed by atoms with Crippen LogP contribution in [0.2, 0.25) is 0 Å². The number of likely N-dealkylation sites (tertiary alicyclic amines) is 1. The SMILES string of the molecule is CCC1NC(C)=CC(c2ccc([N+](=O)[O-])cc2)C1(NC=O)N(C=O)CCCN1CCC(c2ccccc2)(c2ccccc2)CC1. The van der Waals surface area contributed by atoms with Crippen LogP contribution in [0.1, 0.15) is 62.1 Å². The van der Waals surface area contributed by atoms with Crippen molar-refractivity contribution in [3.63, 3.8) is 0 Å². The van der Waals surface area contributed by atoms with Crippen LogP contribution in [0.25, 0.3) is 0 Å². The van der Waals surface area contributed by atoms with Crippen molar-refractivity contribution in [2.75, 3.05) is 26.2 Å². The first kappa shape index (κ1) is 31.9. The number of piperidine rings is 1. The number of nitro benzene ring substituents is 1. The number of nitrogens with zero attached hydrogens (tertiary/aromatic N) is 3. The Balaban J connectivity index is 1.34. The van der Waals surface area contributed by atoms with Gasteiger partial charge in [-0.1, -0.05) is 85.8 Å². The standard InChI is InChI=1S/C36H43N5O4/c1-3-34-36(37-26-42,33(25-28(2)38-34)29-15-17-32(18-16-29)41(44)45)40(27-43)22-10-21-39-23-19-35(20-24-39,30-11-6-4-7-12-30)31-13-8-5-9-14-31/h4-9,11-18,25-27,33-34,38H,3,10,19-24H2,1-2H3,(H,37,42). The molecule has 0 aliphatic carbocycles. The third-order valence-corrected chi connectivity index (χ3v) is 9.82. The molecule has 1 saturated heterocycles. The second-order valence-corrected chi connectivity index (χ2v) is 12.2. The lowest BCUT2D eigenvalue weighted by Crippen LogP contribution is -2.72. The minimum atomic E-state index is -1.09. The molecule has 0 radical (unpaired) electrons. The van der Waals surface area contributed by atoms with E-state index in [4.69, 9.17) is 0 Å². The molecular weight excluding hydrogens is 566 g/mol. The van der Waals surface area contributed by atoms with Crippen LogP contribution in [0.3, 0.4) is 0 Å². The van der Waals surface area contributed by atoms with Crippen LogP contribution in [-0.2, 0) is 15.0 Å². The maximum atomic E-state index is 12.8. The summed E-state index contributed by atoms with van der Waals surface area (Å²) in [5, 5.41) is 17.9. The van der Waals surface area contributed by atoms with Gasteiger partial charge < -0.3 is 20.4 Å². The van der Waals surface area contributed by atoms with E-state index in [1.165, 1.54) is 23.3 Å². The highest BCUT2D eigenvalue weighted by Crippen LogP contribution is 2.42. The number of nitrogens with one attached hydrogen (secondary N) is 2. The van der Waals surface area contributed by atoms with Gasteiger partial charge in [0, 0.05) is 35.7 Å². The number of hydrogen-bond acceptors (Lipinski definition) is 6. The summed E-state index contributed by atoms with van der Waals surface area (Å²) in [6, 6.07) is 27.7. The normalized spacial score (nSPS) is 22.8. The molecule has 236 valence electrons. The fraction of sp³-hybridized carbons (Fsp3) is 0.389. The summed E-state index contributed by atoms with van der Waals surface area (Å²) in [7, 11) is 0. The number of carbonyl (C=O) groups excluding carboxylic acids is 2. The minimum absolute atomic E-state index is 0.00769. The van der Waals surface area contributed by atoms with Crippen molar-refractivity contribution >= 4 is 18.5 Å². The van der Waals surface area contributed by atoms with E-state index in [0.717, 1.165) is 56.6 Å². The predicted molar refractivity (Wildman–Crippen MR) is 175 cm³/mol. The van der Waals surface area contributed by atoms with E-state index < -0.39 is 16.5 Å². The number of non-ortho nitro benzene ring substituents is 1. The predicted octanol–water partition coefficient (Wildman–Crippen LogP) is 5.34. The summed E-state index contributed by atoms with van der Waals surface area (Å²) in [5.41, 5.74) is 3.28. The second-order valence-electron chi connectivity index (χ2n) is 12.2. The van der Waals surface area contributed by atoms with E-state index >= 15 is 0 Å². The van der Waals surface area contributed by atoms with Crippen molar-refractivity contribution in [3.05, 3.63) is 124 Å². The lowest BCUT2D eigenvalue weighted by Gasteiger charge is -2.53. The summed E-state index contributed by atoms with van der Waals surface area (Å²) >= 11 is 0. The lowest BCUT2D eigenvalue weighted by atomic mass is 9.68. The van der Waals surface area contributed by atoms with E-state index in [0.29, 0.717) is 19.4 Å². The van der Waals surface area contributed by atoms with Crippen molar-refractivity contribution in [3.8, 4) is 0 Å². The fourth-order valence-corrected chi connectivity index (χ4v) is 7.55. The largest absolute Gasteiger partial charge is 0.382 e. The smallest absolute Gasteiger partial charge is 0.269 e. The Bertz CT molecular complexity index is 1430. The van der Waals surface area contributed by atoms with Crippen molar-refractivity contribution < 1.29 is 14.5 Å². The third-order valence-electron chi connectivity index (χ3n) is 9.82. The molecule has 2 aliphatic heterocycles. The number of allylic oxidation sites excluding steroid dienone is 1. The second kappa shape index (κ2) is 14.1. The maximum Gasteiger partial charge on any atom is 0.269 e. The van der Waals surface area contributed by atoms with Gasteiger partial charge in [-0.25, -0.2) is 0 Å². The highest BCUT2D eigenvalue weighted by molar-refractivity contribution is 5.57. The molecule has 2 heterocycles. The average Bonchev–Trinajstić information content (AvgIpc) is 3.08. The molecule has 2 amide bonds. The highest BCUT2D eigenvalue weighted by Gasteiger charge is 2.51. The van der Waals surface area contributed by atoms with E-state index in [9.17, 15) is 19.7 Å². The molecule has 1 fully saturated rings.